The molecule has 0 amide bonds. The van der Waals surface area contributed by atoms with E-state index in [2.05, 4.69) is 11.6 Å². The maximum atomic E-state index is 13.2. The van der Waals surface area contributed by atoms with Crippen LogP contribution in [0.2, 0.25) is 0 Å². The molecule has 1 rings (SSSR count). The van der Waals surface area contributed by atoms with E-state index in [0.717, 1.165) is 25.3 Å². The normalized spacial score (nSPS) is 11.8. The molecule has 0 saturated carbocycles. The lowest BCUT2D eigenvalue weighted by Gasteiger charge is -2.10. The summed E-state index contributed by atoms with van der Waals surface area (Å²) >= 11 is 0. The predicted octanol–water partition coefficient (Wildman–Crippen LogP) is 2.92. The summed E-state index contributed by atoms with van der Waals surface area (Å²) in [6.45, 7) is 2.59. The zero-order valence-corrected chi connectivity index (χ0v) is 13.4. The summed E-state index contributed by atoms with van der Waals surface area (Å²) in [6.07, 6.45) is 6.49. The van der Waals surface area contributed by atoms with Crippen molar-refractivity contribution in [3.05, 3.63) is 29.6 Å². The van der Waals surface area contributed by atoms with Crippen LogP contribution in [0.3, 0.4) is 0 Å². The molecule has 21 heavy (non-hydrogen) atoms. The molecule has 3 N–H and O–H groups in total. The van der Waals surface area contributed by atoms with Gasteiger partial charge in [-0.1, -0.05) is 45.1 Å². The molecular formula is C15H25FN2O2S. The van der Waals surface area contributed by atoms with Crippen LogP contribution < -0.4 is 10.5 Å². The number of rotatable bonds is 10. The first-order chi connectivity index (χ1) is 10.0. The zero-order valence-electron chi connectivity index (χ0n) is 12.6. The van der Waals surface area contributed by atoms with E-state index in [-0.39, 0.29) is 11.4 Å². The summed E-state index contributed by atoms with van der Waals surface area (Å²) in [5, 5.41) is 0. The summed E-state index contributed by atoms with van der Waals surface area (Å²) in [4.78, 5) is -0.0593. The second-order valence-electron chi connectivity index (χ2n) is 5.12. The molecule has 0 aliphatic rings. The van der Waals surface area contributed by atoms with Crippen LogP contribution in [-0.2, 0) is 16.6 Å². The zero-order chi connectivity index (χ0) is 15.7. The first-order valence-corrected chi connectivity index (χ1v) is 8.97. The number of benzene rings is 1. The van der Waals surface area contributed by atoms with E-state index in [0.29, 0.717) is 12.1 Å². The van der Waals surface area contributed by atoms with Crippen molar-refractivity contribution in [1.29, 1.82) is 0 Å². The average molecular weight is 316 g/mol. The fourth-order valence-electron chi connectivity index (χ4n) is 2.14. The van der Waals surface area contributed by atoms with Crippen LogP contribution in [-0.4, -0.2) is 15.0 Å². The number of hydrogen-bond acceptors (Lipinski definition) is 3. The van der Waals surface area contributed by atoms with Gasteiger partial charge in [0.25, 0.3) is 0 Å². The Kier molecular flexibility index (Phi) is 7.85. The molecule has 0 aliphatic heterocycles. The van der Waals surface area contributed by atoms with Gasteiger partial charge in [-0.05, 0) is 24.1 Å². The average Bonchev–Trinajstić information content (AvgIpc) is 2.46. The molecule has 1 aromatic rings. The minimum Gasteiger partial charge on any atom is -0.326 e. The SMILES string of the molecule is CCCCCCCCNS(=O)(=O)c1cc(F)ccc1CN. The lowest BCUT2D eigenvalue weighted by atomic mass is 10.1. The Morgan fingerprint density at radius 1 is 1.14 bits per heavy atom. The molecule has 0 spiro atoms. The summed E-state index contributed by atoms with van der Waals surface area (Å²) in [7, 11) is -3.69. The standard InChI is InChI=1S/C15H25FN2O2S/c1-2-3-4-5-6-7-10-18-21(19,20)15-11-14(16)9-8-13(15)12-17/h8-9,11,18H,2-7,10,12,17H2,1H3. The summed E-state index contributed by atoms with van der Waals surface area (Å²) < 4.78 is 40.1. The lowest BCUT2D eigenvalue weighted by Crippen LogP contribution is -2.26. The van der Waals surface area contributed by atoms with Crippen molar-refractivity contribution in [2.24, 2.45) is 5.73 Å². The van der Waals surface area contributed by atoms with Gasteiger partial charge in [0.05, 0.1) is 4.90 Å². The third kappa shape index (κ3) is 6.11. The molecule has 0 bridgehead atoms. The minimum atomic E-state index is -3.69. The Bertz CT molecular complexity index is 532. The van der Waals surface area contributed by atoms with Crippen molar-refractivity contribution >= 4 is 10.0 Å². The van der Waals surface area contributed by atoms with Gasteiger partial charge in [-0.2, -0.15) is 0 Å². The Labute approximate surface area is 127 Å². The number of hydrogen-bond donors (Lipinski definition) is 2. The molecule has 0 aromatic heterocycles. The lowest BCUT2D eigenvalue weighted by molar-refractivity contribution is 0.564. The van der Waals surface area contributed by atoms with Crippen molar-refractivity contribution in [1.82, 2.24) is 4.72 Å². The molecule has 0 saturated heterocycles. The first kappa shape index (κ1) is 18.1. The van der Waals surface area contributed by atoms with Crippen LogP contribution in [0.5, 0.6) is 0 Å². The highest BCUT2D eigenvalue weighted by molar-refractivity contribution is 7.89. The summed E-state index contributed by atoms with van der Waals surface area (Å²) in [6, 6.07) is 3.65. The maximum absolute atomic E-state index is 13.2. The van der Waals surface area contributed by atoms with Crippen molar-refractivity contribution in [3.63, 3.8) is 0 Å². The van der Waals surface area contributed by atoms with Crippen molar-refractivity contribution in [2.75, 3.05) is 6.54 Å². The van der Waals surface area contributed by atoms with Gasteiger partial charge >= 0.3 is 0 Å². The molecule has 0 heterocycles. The van der Waals surface area contributed by atoms with Crippen molar-refractivity contribution < 1.29 is 12.8 Å². The molecule has 1 aromatic carbocycles. The highest BCUT2D eigenvalue weighted by Crippen LogP contribution is 2.17. The largest absolute Gasteiger partial charge is 0.326 e. The molecule has 0 atom stereocenters. The van der Waals surface area contributed by atoms with Crippen LogP contribution >= 0.6 is 0 Å². The van der Waals surface area contributed by atoms with Crippen LogP contribution in [0.4, 0.5) is 4.39 Å². The van der Waals surface area contributed by atoms with Gasteiger partial charge < -0.3 is 5.73 Å². The van der Waals surface area contributed by atoms with E-state index in [1.165, 1.54) is 31.4 Å². The van der Waals surface area contributed by atoms with E-state index in [9.17, 15) is 12.8 Å². The van der Waals surface area contributed by atoms with E-state index >= 15 is 0 Å². The Morgan fingerprint density at radius 3 is 2.48 bits per heavy atom. The summed E-state index contributed by atoms with van der Waals surface area (Å²) in [5.41, 5.74) is 5.93. The number of sulfonamides is 1. The molecule has 0 unspecified atom stereocenters. The van der Waals surface area contributed by atoms with Crippen LogP contribution in [0, 0.1) is 5.82 Å². The van der Waals surface area contributed by atoms with Gasteiger partial charge in [-0.15, -0.1) is 0 Å². The van der Waals surface area contributed by atoms with Gasteiger partial charge in [0.15, 0.2) is 0 Å². The third-order valence-electron chi connectivity index (χ3n) is 3.36. The molecule has 6 heteroatoms. The minimum absolute atomic E-state index is 0.0593. The Hall–Kier alpha value is -0.980. The second kappa shape index (κ2) is 9.12. The molecule has 0 aliphatic carbocycles. The number of nitrogens with one attached hydrogen (secondary N) is 1. The Morgan fingerprint density at radius 2 is 1.81 bits per heavy atom. The smallest absolute Gasteiger partial charge is 0.240 e. The topological polar surface area (TPSA) is 72.2 Å². The van der Waals surface area contributed by atoms with E-state index < -0.39 is 15.8 Å². The number of halogens is 1. The fraction of sp³-hybridized carbons (Fsp3) is 0.600. The summed E-state index contributed by atoms with van der Waals surface area (Å²) in [5.74, 6) is -0.577. The van der Waals surface area contributed by atoms with Crippen LogP contribution in [0.1, 0.15) is 51.0 Å². The van der Waals surface area contributed by atoms with Crippen molar-refractivity contribution in [2.45, 2.75) is 56.9 Å². The molecule has 0 fully saturated rings. The highest BCUT2D eigenvalue weighted by atomic mass is 32.2. The Balaban J connectivity index is 2.52. The van der Waals surface area contributed by atoms with E-state index in [1.54, 1.807) is 0 Å². The van der Waals surface area contributed by atoms with E-state index in [1.807, 2.05) is 0 Å². The van der Waals surface area contributed by atoms with Gasteiger partial charge in [-0.3, -0.25) is 0 Å². The van der Waals surface area contributed by atoms with Crippen molar-refractivity contribution in [3.8, 4) is 0 Å². The molecule has 4 nitrogen and oxygen atoms in total. The van der Waals surface area contributed by atoms with E-state index in [4.69, 9.17) is 5.73 Å². The molecule has 0 radical (unpaired) electrons. The van der Waals surface area contributed by atoms with Gasteiger partial charge in [0.2, 0.25) is 10.0 Å². The molecule has 120 valence electrons. The fourth-order valence-corrected chi connectivity index (χ4v) is 3.47. The quantitative estimate of drug-likeness (QED) is 0.652. The highest BCUT2D eigenvalue weighted by Gasteiger charge is 2.18. The molecular weight excluding hydrogens is 291 g/mol. The first-order valence-electron chi connectivity index (χ1n) is 7.49. The number of nitrogens with two attached hydrogens (primary N) is 1. The third-order valence-corrected chi connectivity index (χ3v) is 4.90. The predicted molar refractivity (Wildman–Crippen MR) is 82.9 cm³/mol. The van der Waals surface area contributed by atoms with Gasteiger partial charge in [0, 0.05) is 13.1 Å². The van der Waals surface area contributed by atoms with Crippen LogP contribution in [0.25, 0.3) is 0 Å². The van der Waals surface area contributed by atoms with Gasteiger partial charge in [-0.25, -0.2) is 17.5 Å². The number of unbranched alkanes of at least 4 members (excludes halogenated alkanes) is 5. The van der Waals surface area contributed by atoms with Gasteiger partial charge in [0.1, 0.15) is 5.82 Å². The maximum Gasteiger partial charge on any atom is 0.240 e. The van der Waals surface area contributed by atoms with Crippen LogP contribution in [0.15, 0.2) is 23.1 Å². The second-order valence-corrected chi connectivity index (χ2v) is 6.86. The monoisotopic (exact) mass is 316 g/mol.